The summed E-state index contributed by atoms with van der Waals surface area (Å²) in [6.07, 6.45) is 0.847. The molecule has 0 amide bonds. The zero-order valence-corrected chi connectivity index (χ0v) is 11.1. The first-order valence-corrected chi connectivity index (χ1v) is 6.08. The first-order valence-electron chi connectivity index (χ1n) is 6.08. The van der Waals surface area contributed by atoms with Gasteiger partial charge in [0.15, 0.2) is 0 Å². The molecule has 5 nitrogen and oxygen atoms in total. The van der Waals surface area contributed by atoms with Crippen molar-refractivity contribution >= 4 is 11.6 Å². The maximum atomic E-state index is 4.15. The summed E-state index contributed by atoms with van der Waals surface area (Å²) in [5.41, 5.74) is 2.43. The molecule has 1 aromatic heterocycles. The van der Waals surface area contributed by atoms with Crippen LogP contribution in [0.5, 0.6) is 0 Å². The number of hydrogen-bond donors (Lipinski definition) is 2. The Morgan fingerprint density at radius 1 is 1.22 bits per heavy atom. The SMILES string of the molecule is CNc1nnc(CCNc2ccccc2C)n1C. The molecule has 96 valence electrons. The molecule has 0 radical (unpaired) electrons. The lowest BCUT2D eigenvalue weighted by Gasteiger charge is -2.09. The summed E-state index contributed by atoms with van der Waals surface area (Å²) >= 11 is 0. The molecule has 0 aliphatic carbocycles. The van der Waals surface area contributed by atoms with Crippen molar-refractivity contribution in [3.05, 3.63) is 35.7 Å². The number of nitrogens with zero attached hydrogens (tertiary/aromatic N) is 3. The minimum Gasteiger partial charge on any atom is -0.384 e. The topological polar surface area (TPSA) is 54.8 Å². The molecule has 2 rings (SSSR count). The molecule has 0 unspecified atom stereocenters. The molecule has 1 aromatic carbocycles. The van der Waals surface area contributed by atoms with E-state index in [9.17, 15) is 0 Å². The Morgan fingerprint density at radius 3 is 2.67 bits per heavy atom. The summed E-state index contributed by atoms with van der Waals surface area (Å²) in [7, 11) is 3.81. The Labute approximate surface area is 107 Å². The van der Waals surface area contributed by atoms with Crippen molar-refractivity contribution in [3.63, 3.8) is 0 Å². The van der Waals surface area contributed by atoms with E-state index in [-0.39, 0.29) is 0 Å². The highest BCUT2D eigenvalue weighted by molar-refractivity contribution is 5.50. The number of nitrogens with one attached hydrogen (secondary N) is 2. The summed E-state index contributed by atoms with van der Waals surface area (Å²) in [6, 6.07) is 8.27. The molecule has 0 bridgehead atoms. The molecular formula is C13H19N5. The van der Waals surface area contributed by atoms with Crippen LogP contribution in [-0.2, 0) is 13.5 Å². The molecule has 2 N–H and O–H groups in total. The third-order valence-corrected chi connectivity index (χ3v) is 3.00. The van der Waals surface area contributed by atoms with Crippen LogP contribution in [0.4, 0.5) is 11.6 Å². The van der Waals surface area contributed by atoms with Crippen LogP contribution < -0.4 is 10.6 Å². The van der Waals surface area contributed by atoms with E-state index in [1.165, 1.54) is 11.3 Å². The Bertz CT molecular complexity index is 518. The molecule has 0 atom stereocenters. The van der Waals surface area contributed by atoms with Gasteiger partial charge in [0.2, 0.25) is 5.95 Å². The van der Waals surface area contributed by atoms with Crippen molar-refractivity contribution in [2.24, 2.45) is 7.05 Å². The molecular weight excluding hydrogens is 226 g/mol. The third-order valence-electron chi connectivity index (χ3n) is 3.00. The first-order chi connectivity index (χ1) is 8.72. The van der Waals surface area contributed by atoms with E-state index >= 15 is 0 Å². The van der Waals surface area contributed by atoms with Gasteiger partial charge < -0.3 is 15.2 Å². The summed E-state index contributed by atoms with van der Waals surface area (Å²) in [6.45, 7) is 2.95. The monoisotopic (exact) mass is 245 g/mol. The Kier molecular flexibility index (Phi) is 3.82. The zero-order chi connectivity index (χ0) is 13.0. The highest BCUT2D eigenvalue weighted by atomic mass is 15.3. The van der Waals surface area contributed by atoms with Crippen LogP contribution in [0.1, 0.15) is 11.4 Å². The lowest BCUT2D eigenvalue weighted by Crippen LogP contribution is -2.10. The van der Waals surface area contributed by atoms with Crippen LogP contribution in [0.25, 0.3) is 0 Å². The van der Waals surface area contributed by atoms with Gasteiger partial charge in [-0.05, 0) is 18.6 Å². The molecule has 0 spiro atoms. The highest BCUT2D eigenvalue weighted by Crippen LogP contribution is 2.13. The molecule has 0 fully saturated rings. The van der Waals surface area contributed by atoms with Crippen LogP contribution in [0.15, 0.2) is 24.3 Å². The molecule has 0 saturated heterocycles. The first kappa shape index (κ1) is 12.4. The summed E-state index contributed by atoms with van der Waals surface area (Å²) in [5, 5.41) is 14.6. The maximum absolute atomic E-state index is 4.15. The van der Waals surface area contributed by atoms with Gasteiger partial charge in [0.25, 0.3) is 0 Å². The summed E-state index contributed by atoms with van der Waals surface area (Å²) < 4.78 is 1.97. The normalized spacial score (nSPS) is 10.4. The van der Waals surface area contributed by atoms with Crippen LogP contribution in [0.3, 0.4) is 0 Å². The third kappa shape index (κ3) is 2.61. The second kappa shape index (κ2) is 5.53. The van der Waals surface area contributed by atoms with Crippen LogP contribution in [-0.4, -0.2) is 28.4 Å². The number of aryl methyl sites for hydroxylation is 1. The van der Waals surface area contributed by atoms with Crippen molar-refractivity contribution < 1.29 is 0 Å². The van der Waals surface area contributed by atoms with E-state index < -0.39 is 0 Å². The molecule has 5 heteroatoms. The van der Waals surface area contributed by atoms with Crippen LogP contribution >= 0.6 is 0 Å². The predicted molar refractivity (Wildman–Crippen MR) is 73.9 cm³/mol. The smallest absolute Gasteiger partial charge is 0.224 e. The standard InChI is InChI=1S/C13H19N5/c1-10-6-4-5-7-11(10)15-9-8-12-16-17-13(14-2)18(12)3/h4-7,15H,8-9H2,1-3H3,(H,14,17). The van der Waals surface area contributed by atoms with E-state index in [0.29, 0.717) is 0 Å². The molecule has 0 saturated carbocycles. The Morgan fingerprint density at radius 2 is 2.00 bits per heavy atom. The number of aromatic nitrogens is 3. The Balaban J connectivity index is 1.92. The van der Waals surface area contributed by atoms with Crippen molar-refractivity contribution in [3.8, 4) is 0 Å². The molecule has 18 heavy (non-hydrogen) atoms. The maximum Gasteiger partial charge on any atom is 0.224 e. The molecule has 2 aromatic rings. The minimum atomic E-state index is 0.792. The number of para-hydroxylation sites is 1. The van der Waals surface area contributed by atoms with Gasteiger partial charge in [-0.25, -0.2) is 0 Å². The van der Waals surface area contributed by atoms with E-state index in [4.69, 9.17) is 0 Å². The van der Waals surface area contributed by atoms with Gasteiger partial charge in [-0.2, -0.15) is 0 Å². The second-order valence-electron chi connectivity index (χ2n) is 4.24. The number of anilines is 2. The predicted octanol–water partition coefficient (Wildman–Crippen LogP) is 1.82. The lowest BCUT2D eigenvalue weighted by atomic mass is 10.2. The van der Waals surface area contributed by atoms with Gasteiger partial charge in [0, 0.05) is 32.7 Å². The van der Waals surface area contributed by atoms with Gasteiger partial charge in [-0.15, -0.1) is 10.2 Å². The van der Waals surface area contributed by atoms with Crippen molar-refractivity contribution in [2.45, 2.75) is 13.3 Å². The van der Waals surface area contributed by atoms with Crippen LogP contribution in [0.2, 0.25) is 0 Å². The lowest BCUT2D eigenvalue weighted by molar-refractivity contribution is 0.791. The highest BCUT2D eigenvalue weighted by Gasteiger charge is 2.06. The van der Waals surface area contributed by atoms with Crippen molar-refractivity contribution in [2.75, 3.05) is 24.2 Å². The molecule has 1 heterocycles. The molecule has 0 aliphatic rings. The number of hydrogen-bond acceptors (Lipinski definition) is 4. The zero-order valence-electron chi connectivity index (χ0n) is 11.1. The van der Waals surface area contributed by atoms with E-state index in [1.54, 1.807) is 0 Å². The fourth-order valence-electron chi connectivity index (χ4n) is 1.88. The van der Waals surface area contributed by atoms with Gasteiger partial charge in [0.1, 0.15) is 5.82 Å². The van der Waals surface area contributed by atoms with E-state index in [1.807, 2.05) is 30.8 Å². The number of benzene rings is 1. The van der Waals surface area contributed by atoms with Gasteiger partial charge in [-0.1, -0.05) is 18.2 Å². The van der Waals surface area contributed by atoms with E-state index in [0.717, 1.165) is 24.7 Å². The van der Waals surface area contributed by atoms with Gasteiger partial charge in [-0.3, -0.25) is 0 Å². The average Bonchev–Trinajstić information content (AvgIpc) is 2.73. The largest absolute Gasteiger partial charge is 0.384 e. The minimum absolute atomic E-state index is 0.792. The summed E-state index contributed by atoms with van der Waals surface area (Å²) in [5.74, 6) is 1.77. The Hall–Kier alpha value is -2.04. The fraction of sp³-hybridized carbons (Fsp3) is 0.385. The van der Waals surface area contributed by atoms with Crippen molar-refractivity contribution in [1.29, 1.82) is 0 Å². The van der Waals surface area contributed by atoms with Gasteiger partial charge in [0.05, 0.1) is 0 Å². The van der Waals surface area contributed by atoms with E-state index in [2.05, 4.69) is 39.9 Å². The van der Waals surface area contributed by atoms with Crippen molar-refractivity contribution in [1.82, 2.24) is 14.8 Å². The summed E-state index contributed by atoms with van der Waals surface area (Å²) in [4.78, 5) is 0. The second-order valence-corrected chi connectivity index (χ2v) is 4.24. The quantitative estimate of drug-likeness (QED) is 0.843. The fourth-order valence-corrected chi connectivity index (χ4v) is 1.88. The average molecular weight is 245 g/mol. The van der Waals surface area contributed by atoms with Gasteiger partial charge >= 0.3 is 0 Å². The number of rotatable bonds is 5. The molecule has 0 aliphatic heterocycles. The van der Waals surface area contributed by atoms with Crippen LogP contribution in [0, 0.1) is 6.92 Å².